The number of para-hydroxylation sites is 1. The Kier molecular flexibility index (Phi) is 5.92. The van der Waals surface area contributed by atoms with Crippen molar-refractivity contribution in [2.75, 3.05) is 18.5 Å². The molecule has 2 aromatic rings. The SMILES string of the molecule is CN(C(=O)CCNS(=O)(=O)c1ccc(Br)cc1)c1ccccc1. The van der Waals surface area contributed by atoms with Crippen molar-refractivity contribution >= 4 is 37.5 Å². The molecule has 0 saturated heterocycles. The average molecular weight is 397 g/mol. The molecule has 0 aliphatic heterocycles. The van der Waals surface area contributed by atoms with Crippen molar-refractivity contribution in [3.63, 3.8) is 0 Å². The van der Waals surface area contributed by atoms with E-state index in [0.717, 1.165) is 10.2 Å². The van der Waals surface area contributed by atoms with Crippen LogP contribution in [0.1, 0.15) is 6.42 Å². The molecule has 0 bridgehead atoms. The maximum atomic E-state index is 12.1. The topological polar surface area (TPSA) is 66.5 Å². The molecule has 0 spiro atoms. The minimum absolute atomic E-state index is 0.0500. The number of sulfonamides is 1. The Morgan fingerprint density at radius 2 is 1.70 bits per heavy atom. The second-order valence-electron chi connectivity index (χ2n) is 4.89. The predicted octanol–water partition coefficient (Wildman–Crippen LogP) is 2.78. The molecule has 2 rings (SSSR count). The van der Waals surface area contributed by atoms with E-state index in [9.17, 15) is 13.2 Å². The van der Waals surface area contributed by atoms with Crippen molar-refractivity contribution in [2.24, 2.45) is 0 Å². The van der Waals surface area contributed by atoms with Crippen LogP contribution in [0, 0.1) is 0 Å². The van der Waals surface area contributed by atoms with E-state index in [1.807, 2.05) is 30.3 Å². The molecule has 2 aromatic carbocycles. The summed E-state index contributed by atoms with van der Waals surface area (Å²) in [4.78, 5) is 13.8. The highest BCUT2D eigenvalue weighted by molar-refractivity contribution is 9.10. The number of hydrogen-bond acceptors (Lipinski definition) is 3. The van der Waals surface area contributed by atoms with Crippen LogP contribution in [0.5, 0.6) is 0 Å². The minimum atomic E-state index is -3.60. The summed E-state index contributed by atoms with van der Waals surface area (Å²) in [5.41, 5.74) is 0.772. The van der Waals surface area contributed by atoms with Gasteiger partial charge in [-0.2, -0.15) is 0 Å². The Balaban J connectivity index is 1.91. The van der Waals surface area contributed by atoms with Crippen molar-refractivity contribution in [3.05, 3.63) is 59.1 Å². The molecule has 0 aromatic heterocycles. The lowest BCUT2D eigenvalue weighted by atomic mass is 10.3. The van der Waals surface area contributed by atoms with Crippen LogP contribution in [0.2, 0.25) is 0 Å². The van der Waals surface area contributed by atoms with Crippen LogP contribution in [0.15, 0.2) is 64.0 Å². The number of anilines is 1. The quantitative estimate of drug-likeness (QED) is 0.815. The summed E-state index contributed by atoms with van der Waals surface area (Å²) in [6, 6.07) is 15.5. The molecule has 0 heterocycles. The Morgan fingerprint density at radius 1 is 1.09 bits per heavy atom. The molecule has 0 saturated carbocycles. The number of nitrogens with zero attached hydrogens (tertiary/aromatic N) is 1. The van der Waals surface area contributed by atoms with E-state index in [0.29, 0.717) is 0 Å². The van der Waals surface area contributed by atoms with Crippen LogP contribution in [-0.2, 0) is 14.8 Å². The van der Waals surface area contributed by atoms with Crippen molar-refractivity contribution in [1.82, 2.24) is 4.72 Å². The first-order chi connectivity index (χ1) is 10.9. The maximum Gasteiger partial charge on any atom is 0.240 e. The van der Waals surface area contributed by atoms with Crippen LogP contribution in [0.3, 0.4) is 0 Å². The number of benzene rings is 2. The number of hydrogen-bond donors (Lipinski definition) is 1. The molecule has 23 heavy (non-hydrogen) atoms. The number of carbonyl (C=O) groups excluding carboxylic acids is 1. The lowest BCUT2D eigenvalue weighted by Crippen LogP contribution is -2.32. The van der Waals surface area contributed by atoms with Gasteiger partial charge in [0.1, 0.15) is 0 Å². The molecule has 0 aliphatic rings. The van der Waals surface area contributed by atoms with Crippen LogP contribution in [0.4, 0.5) is 5.69 Å². The number of amides is 1. The van der Waals surface area contributed by atoms with Crippen LogP contribution in [0.25, 0.3) is 0 Å². The molecular formula is C16H17BrN2O3S. The van der Waals surface area contributed by atoms with Gasteiger partial charge in [-0.15, -0.1) is 0 Å². The van der Waals surface area contributed by atoms with E-state index in [-0.39, 0.29) is 23.8 Å². The largest absolute Gasteiger partial charge is 0.315 e. The molecule has 0 atom stereocenters. The van der Waals surface area contributed by atoms with Gasteiger partial charge in [0.2, 0.25) is 15.9 Å². The van der Waals surface area contributed by atoms with E-state index in [1.165, 1.54) is 17.0 Å². The van der Waals surface area contributed by atoms with Crippen LogP contribution >= 0.6 is 15.9 Å². The molecule has 0 fully saturated rings. The van der Waals surface area contributed by atoms with Crippen LogP contribution in [-0.4, -0.2) is 27.9 Å². The first kappa shape index (κ1) is 17.7. The lowest BCUT2D eigenvalue weighted by Gasteiger charge is -2.17. The highest BCUT2D eigenvalue weighted by atomic mass is 79.9. The van der Waals surface area contributed by atoms with Gasteiger partial charge < -0.3 is 4.90 Å². The van der Waals surface area contributed by atoms with Gasteiger partial charge in [-0.3, -0.25) is 4.79 Å². The van der Waals surface area contributed by atoms with E-state index in [4.69, 9.17) is 0 Å². The molecule has 5 nitrogen and oxygen atoms in total. The minimum Gasteiger partial charge on any atom is -0.315 e. The van der Waals surface area contributed by atoms with Crippen LogP contribution < -0.4 is 9.62 Å². The first-order valence-corrected chi connectivity index (χ1v) is 9.24. The fourth-order valence-electron chi connectivity index (χ4n) is 1.95. The van der Waals surface area contributed by atoms with E-state index >= 15 is 0 Å². The second kappa shape index (κ2) is 7.72. The summed E-state index contributed by atoms with van der Waals surface area (Å²) in [5.74, 6) is -0.158. The molecule has 1 N–H and O–H groups in total. The number of halogens is 1. The van der Waals surface area contributed by atoms with Gasteiger partial charge in [0, 0.05) is 30.2 Å². The fourth-order valence-corrected chi connectivity index (χ4v) is 3.25. The first-order valence-electron chi connectivity index (χ1n) is 6.97. The number of carbonyl (C=O) groups is 1. The summed E-state index contributed by atoms with van der Waals surface area (Å²) in [7, 11) is -1.94. The van der Waals surface area contributed by atoms with Gasteiger partial charge in [-0.25, -0.2) is 13.1 Å². The van der Waals surface area contributed by atoms with Gasteiger partial charge >= 0.3 is 0 Å². The Morgan fingerprint density at radius 3 is 2.30 bits per heavy atom. The fraction of sp³-hybridized carbons (Fsp3) is 0.188. The number of nitrogens with one attached hydrogen (secondary N) is 1. The third kappa shape index (κ3) is 4.89. The smallest absolute Gasteiger partial charge is 0.240 e. The molecule has 1 amide bonds. The second-order valence-corrected chi connectivity index (χ2v) is 7.57. The zero-order chi connectivity index (χ0) is 16.9. The Bertz CT molecular complexity index is 762. The predicted molar refractivity (Wildman–Crippen MR) is 93.8 cm³/mol. The summed E-state index contributed by atoms with van der Waals surface area (Å²) in [6.07, 6.45) is 0.0845. The molecule has 0 radical (unpaired) electrons. The highest BCUT2D eigenvalue weighted by Gasteiger charge is 2.15. The summed E-state index contributed by atoms with van der Waals surface area (Å²) in [6.45, 7) is 0.0500. The summed E-state index contributed by atoms with van der Waals surface area (Å²) < 4.78 is 27.5. The van der Waals surface area contributed by atoms with Crippen molar-refractivity contribution < 1.29 is 13.2 Å². The summed E-state index contributed by atoms with van der Waals surface area (Å²) >= 11 is 3.26. The average Bonchev–Trinajstić information content (AvgIpc) is 2.55. The van der Waals surface area contributed by atoms with Crippen molar-refractivity contribution in [1.29, 1.82) is 0 Å². The van der Waals surface area contributed by atoms with E-state index in [2.05, 4.69) is 20.7 Å². The molecule has 122 valence electrons. The molecule has 7 heteroatoms. The van der Waals surface area contributed by atoms with Gasteiger partial charge in [-0.05, 0) is 36.4 Å². The zero-order valence-corrected chi connectivity index (χ0v) is 15.0. The van der Waals surface area contributed by atoms with Gasteiger partial charge in [-0.1, -0.05) is 34.1 Å². The van der Waals surface area contributed by atoms with Gasteiger partial charge in [0.15, 0.2) is 0 Å². The van der Waals surface area contributed by atoms with E-state index < -0.39 is 10.0 Å². The highest BCUT2D eigenvalue weighted by Crippen LogP contribution is 2.15. The molecule has 0 unspecified atom stereocenters. The standard InChI is InChI=1S/C16H17BrN2O3S/c1-19(14-5-3-2-4-6-14)16(20)11-12-18-23(21,22)15-9-7-13(17)8-10-15/h2-10,18H,11-12H2,1H3. The third-order valence-corrected chi connectivity index (χ3v) is 5.28. The number of rotatable bonds is 6. The molecule has 0 aliphatic carbocycles. The monoisotopic (exact) mass is 396 g/mol. The van der Waals surface area contributed by atoms with E-state index in [1.54, 1.807) is 19.2 Å². The lowest BCUT2D eigenvalue weighted by molar-refractivity contribution is -0.118. The normalized spacial score (nSPS) is 11.2. The molecular weight excluding hydrogens is 380 g/mol. The van der Waals surface area contributed by atoms with Gasteiger partial charge in [0.25, 0.3) is 0 Å². The summed E-state index contributed by atoms with van der Waals surface area (Å²) in [5, 5.41) is 0. The third-order valence-electron chi connectivity index (χ3n) is 3.27. The van der Waals surface area contributed by atoms with Crippen molar-refractivity contribution in [2.45, 2.75) is 11.3 Å². The maximum absolute atomic E-state index is 12.1. The Labute approximate surface area is 144 Å². The van der Waals surface area contributed by atoms with Crippen molar-refractivity contribution in [3.8, 4) is 0 Å². The zero-order valence-electron chi connectivity index (χ0n) is 12.6. The Hall–Kier alpha value is -1.70. The van der Waals surface area contributed by atoms with Gasteiger partial charge in [0.05, 0.1) is 4.90 Å².